The number of ether oxygens (including phenoxy) is 1. The summed E-state index contributed by atoms with van der Waals surface area (Å²) >= 11 is 0. The highest BCUT2D eigenvalue weighted by Gasteiger charge is 2.12. The molecule has 0 saturated carbocycles. The van der Waals surface area contributed by atoms with E-state index in [4.69, 9.17) is 4.74 Å². The molecule has 76 valence electrons. The Kier molecular flexibility index (Phi) is 5.44. The summed E-state index contributed by atoms with van der Waals surface area (Å²) in [6.07, 6.45) is 5.18. The number of esters is 1. The van der Waals surface area contributed by atoms with E-state index in [1.165, 1.54) is 0 Å². The predicted molar refractivity (Wildman–Crippen MR) is 54.5 cm³/mol. The predicted octanol–water partition coefficient (Wildman–Crippen LogP) is 2.93. The van der Waals surface area contributed by atoms with Crippen molar-refractivity contribution in [2.24, 2.45) is 5.41 Å². The molecule has 0 aliphatic rings. The summed E-state index contributed by atoms with van der Waals surface area (Å²) < 4.78 is 5.06. The molecule has 0 fully saturated rings. The van der Waals surface area contributed by atoms with Gasteiger partial charge in [0.15, 0.2) is 0 Å². The average Bonchev–Trinajstić information content (AvgIpc) is 2.00. The normalized spacial score (nSPS) is 12.0. The van der Waals surface area contributed by atoms with Crippen LogP contribution in [-0.2, 0) is 9.53 Å². The van der Waals surface area contributed by atoms with Crippen molar-refractivity contribution in [3.8, 4) is 0 Å². The molecule has 2 nitrogen and oxygen atoms in total. The van der Waals surface area contributed by atoms with Crippen LogP contribution in [0.5, 0.6) is 0 Å². The van der Waals surface area contributed by atoms with Crippen molar-refractivity contribution in [1.29, 1.82) is 0 Å². The van der Waals surface area contributed by atoms with E-state index in [2.05, 4.69) is 0 Å². The van der Waals surface area contributed by atoms with Gasteiger partial charge in [-0.2, -0.15) is 0 Å². The van der Waals surface area contributed by atoms with Crippen molar-refractivity contribution < 1.29 is 9.53 Å². The van der Waals surface area contributed by atoms with Gasteiger partial charge in [-0.25, -0.2) is 0 Å². The molecule has 0 amide bonds. The number of rotatable bonds is 4. The zero-order valence-electron chi connectivity index (χ0n) is 9.09. The summed E-state index contributed by atoms with van der Waals surface area (Å²) in [5, 5.41) is 0. The first-order chi connectivity index (χ1) is 5.95. The maximum absolute atomic E-state index is 11.1. The van der Waals surface area contributed by atoms with Gasteiger partial charge in [0.2, 0.25) is 0 Å². The summed E-state index contributed by atoms with van der Waals surface area (Å²) in [6, 6.07) is 0. The van der Waals surface area contributed by atoms with Crippen LogP contribution in [-0.4, -0.2) is 12.6 Å². The largest absolute Gasteiger partial charge is 0.465 e. The van der Waals surface area contributed by atoms with E-state index < -0.39 is 0 Å². The number of allylic oxidation sites excluding steroid dienone is 1. The number of carbonyl (C=O) groups excluding carboxylic acids is 1. The second kappa shape index (κ2) is 5.79. The Morgan fingerprint density at radius 3 is 2.38 bits per heavy atom. The van der Waals surface area contributed by atoms with Crippen molar-refractivity contribution in [3.63, 3.8) is 0 Å². The van der Waals surface area contributed by atoms with E-state index in [0.717, 1.165) is 6.42 Å². The molecule has 0 aliphatic heterocycles. The SMILES string of the molecule is CC/C=C/CC(=O)OCC(C)(C)C. The van der Waals surface area contributed by atoms with E-state index in [1.54, 1.807) is 0 Å². The van der Waals surface area contributed by atoms with E-state index in [-0.39, 0.29) is 11.4 Å². The van der Waals surface area contributed by atoms with Crippen LogP contribution in [0, 0.1) is 5.41 Å². The summed E-state index contributed by atoms with van der Waals surface area (Å²) in [5.74, 6) is -0.139. The van der Waals surface area contributed by atoms with Crippen LogP contribution in [0.4, 0.5) is 0 Å². The lowest BCUT2D eigenvalue weighted by Crippen LogP contribution is -2.17. The molecule has 0 atom stereocenters. The fourth-order valence-electron chi connectivity index (χ4n) is 0.702. The lowest BCUT2D eigenvalue weighted by Gasteiger charge is -2.17. The third-order valence-electron chi connectivity index (χ3n) is 1.35. The highest BCUT2D eigenvalue weighted by Crippen LogP contribution is 2.13. The van der Waals surface area contributed by atoms with Crippen molar-refractivity contribution in [3.05, 3.63) is 12.2 Å². The summed E-state index contributed by atoms with van der Waals surface area (Å²) in [4.78, 5) is 11.1. The van der Waals surface area contributed by atoms with Crippen LogP contribution in [0.25, 0.3) is 0 Å². The van der Waals surface area contributed by atoms with Crippen LogP contribution in [0.15, 0.2) is 12.2 Å². The van der Waals surface area contributed by atoms with Crippen molar-refractivity contribution in [2.75, 3.05) is 6.61 Å². The fourth-order valence-corrected chi connectivity index (χ4v) is 0.702. The van der Waals surface area contributed by atoms with Crippen LogP contribution >= 0.6 is 0 Å². The molecule has 0 aliphatic carbocycles. The molecule has 0 unspecified atom stereocenters. The van der Waals surface area contributed by atoms with Crippen molar-refractivity contribution >= 4 is 5.97 Å². The van der Waals surface area contributed by atoms with Gasteiger partial charge in [-0.05, 0) is 11.8 Å². The maximum Gasteiger partial charge on any atom is 0.309 e. The smallest absolute Gasteiger partial charge is 0.309 e. The van der Waals surface area contributed by atoms with Crippen molar-refractivity contribution in [2.45, 2.75) is 40.5 Å². The molecule has 13 heavy (non-hydrogen) atoms. The van der Waals surface area contributed by atoms with Gasteiger partial charge in [-0.15, -0.1) is 0 Å². The van der Waals surface area contributed by atoms with Crippen LogP contribution in [0.2, 0.25) is 0 Å². The zero-order valence-corrected chi connectivity index (χ0v) is 9.09. The number of hydrogen-bond donors (Lipinski definition) is 0. The number of hydrogen-bond acceptors (Lipinski definition) is 2. The lowest BCUT2D eigenvalue weighted by molar-refractivity contribution is -0.145. The molecule has 0 radical (unpaired) electrons. The first-order valence-electron chi connectivity index (χ1n) is 4.76. The van der Waals surface area contributed by atoms with Gasteiger partial charge in [-0.3, -0.25) is 4.79 Å². The average molecular weight is 184 g/mol. The molecule has 0 aromatic heterocycles. The first-order valence-corrected chi connectivity index (χ1v) is 4.76. The highest BCUT2D eigenvalue weighted by molar-refractivity contribution is 5.71. The van der Waals surface area contributed by atoms with E-state index in [1.807, 2.05) is 39.8 Å². The van der Waals surface area contributed by atoms with Crippen LogP contribution in [0.3, 0.4) is 0 Å². The summed E-state index contributed by atoms with van der Waals surface area (Å²) in [6.45, 7) is 8.66. The van der Waals surface area contributed by atoms with Gasteiger partial charge >= 0.3 is 5.97 Å². The Bertz CT molecular complexity index is 175. The van der Waals surface area contributed by atoms with Gasteiger partial charge in [0.05, 0.1) is 13.0 Å². The second-order valence-electron chi connectivity index (χ2n) is 4.31. The van der Waals surface area contributed by atoms with E-state index in [9.17, 15) is 4.79 Å². The lowest BCUT2D eigenvalue weighted by atomic mass is 9.99. The Labute approximate surface area is 81.0 Å². The minimum atomic E-state index is -0.139. The molecule has 0 aromatic rings. The highest BCUT2D eigenvalue weighted by atomic mass is 16.5. The molecule has 0 bridgehead atoms. The van der Waals surface area contributed by atoms with Gasteiger partial charge < -0.3 is 4.74 Å². The summed E-state index contributed by atoms with van der Waals surface area (Å²) in [7, 11) is 0. The van der Waals surface area contributed by atoms with Crippen molar-refractivity contribution in [1.82, 2.24) is 0 Å². The zero-order chi connectivity index (χ0) is 10.3. The summed E-state index contributed by atoms with van der Waals surface area (Å²) in [5.41, 5.74) is 0.0597. The molecule has 0 spiro atoms. The van der Waals surface area contributed by atoms with E-state index in [0.29, 0.717) is 13.0 Å². The molecular formula is C11H20O2. The third kappa shape index (κ3) is 9.12. The quantitative estimate of drug-likeness (QED) is 0.496. The second-order valence-corrected chi connectivity index (χ2v) is 4.31. The van der Waals surface area contributed by atoms with Crippen LogP contribution in [0.1, 0.15) is 40.5 Å². The van der Waals surface area contributed by atoms with Crippen LogP contribution < -0.4 is 0 Å². The first kappa shape index (κ1) is 12.2. The molecule has 0 rings (SSSR count). The molecule has 0 heterocycles. The molecule has 2 heteroatoms. The molecule has 0 saturated heterocycles. The third-order valence-corrected chi connectivity index (χ3v) is 1.35. The van der Waals surface area contributed by atoms with Gasteiger partial charge in [0.25, 0.3) is 0 Å². The topological polar surface area (TPSA) is 26.3 Å². The minimum Gasteiger partial charge on any atom is -0.465 e. The van der Waals surface area contributed by atoms with E-state index >= 15 is 0 Å². The van der Waals surface area contributed by atoms with Gasteiger partial charge in [0, 0.05) is 0 Å². The molecule has 0 aromatic carbocycles. The van der Waals surface area contributed by atoms with Gasteiger partial charge in [-0.1, -0.05) is 39.8 Å². The Morgan fingerprint density at radius 1 is 1.31 bits per heavy atom. The standard InChI is InChI=1S/C11H20O2/c1-5-6-7-8-10(12)13-9-11(2,3)4/h6-7H,5,8-9H2,1-4H3/b7-6+. The fraction of sp³-hybridized carbons (Fsp3) is 0.727. The van der Waals surface area contributed by atoms with Gasteiger partial charge in [0.1, 0.15) is 0 Å². The molecule has 0 N–H and O–H groups in total. The monoisotopic (exact) mass is 184 g/mol. The number of carbonyl (C=O) groups is 1. The Balaban J connectivity index is 3.58. The Hall–Kier alpha value is -0.790. The minimum absolute atomic E-state index is 0.0597. The maximum atomic E-state index is 11.1. The Morgan fingerprint density at radius 2 is 1.92 bits per heavy atom. The molecular weight excluding hydrogens is 164 g/mol.